The second-order valence-electron chi connectivity index (χ2n) is 6.88. The Morgan fingerprint density at radius 1 is 0.789 bits per heavy atom. The summed E-state index contributed by atoms with van der Waals surface area (Å²) in [4.78, 5) is 0. The lowest BCUT2D eigenvalue weighted by atomic mass is 9.99. The predicted molar refractivity (Wildman–Crippen MR) is 89.7 cm³/mol. The van der Waals surface area contributed by atoms with Crippen molar-refractivity contribution >= 4 is 7.92 Å². The fourth-order valence-electron chi connectivity index (χ4n) is 4.55. The highest BCUT2D eigenvalue weighted by atomic mass is 31.1. The molecule has 0 aromatic heterocycles. The van der Waals surface area contributed by atoms with E-state index in [1.807, 2.05) is 0 Å². The summed E-state index contributed by atoms with van der Waals surface area (Å²) in [6.07, 6.45) is 20.0. The summed E-state index contributed by atoms with van der Waals surface area (Å²) in [6, 6.07) is 0. The predicted octanol–water partition coefficient (Wildman–Crippen LogP) is 6.71. The Hall–Kier alpha value is 0.430. The molecule has 0 aromatic carbocycles. The topological polar surface area (TPSA) is 0 Å². The summed E-state index contributed by atoms with van der Waals surface area (Å²) in [5, 5.41) is 0. The molecule has 0 amide bonds. The van der Waals surface area contributed by atoms with E-state index in [-0.39, 0.29) is 0 Å². The molecule has 2 aliphatic rings. The van der Waals surface area contributed by atoms with Crippen LogP contribution in [-0.4, -0.2) is 17.0 Å². The van der Waals surface area contributed by atoms with E-state index in [0.717, 1.165) is 17.0 Å². The van der Waals surface area contributed by atoms with Gasteiger partial charge in [-0.2, -0.15) is 0 Å². The minimum absolute atomic E-state index is 0.334. The average molecular weight is 282 g/mol. The highest BCUT2D eigenvalue weighted by molar-refractivity contribution is 7.59. The molecule has 2 saturated carbocycles. The van der Waals surface area contributed by atoms with Crippen molar-refractivity contribution in [3.63, 3.8) is 0 Å². The van der Waals surface area contributed by atoms with Gasteiger partial charge in [0.15, 0.2) is 0 Å². The first-order chi connectivity index (χ1) is 9.36. The van der Waals surface area contributed by atoms with E-state index in [2.05, 4.69) is 13.8 Å². The summed E-state index contributed by atoms with van der Waals surface area (Å²) in [5.41, 5.74) is 3.41. The fourth-order valence-corrected chi connectivity index (χ4v) is 9.24. The molecule has 1 unspecified atom stereocenters. The van der Waals surface area contributed by atoms with Crippen LogP contribution in [0.2, 0.25) is 0 Å². The van der Waals surface area contributed by atoms with Gasteiger partial charge < -0.3 is 0 Å². The van der Waals surface area contributed by atoms with Crippen LogP contribution >= 0.6 is 7.92 Å². The molecule has 0 spiro atoms. The number of hydrogen-bond donors (Lipinski definition) is 0. The first-order valence-corrected chi connectivity index (χ1v) is 10.7. The van der Waals surface area contributed by atoms with Crippen molar-refractivity contribution in [2.75, 3.05) is 0 Å². The Labute approximate surface area is 122 Å². The lowest BCUT2D eigenvalue weighted by Gasteiger charge is -2.43. The van der Waals surface area contributed by atoms with Gasteiger partial charge in [0.2, 0.25) is 0 Å². The lowest BCUT2D eigenvalue weighted by molar-refractivity contribution is 0.477. The second-order valence-corrected chi connectivity index (χ2v) is 9.97. The maximum Gasteiger partial charge on any atom is -0.0204 e. The monoisotopic (exact) mass is 282 g/mol. The zero-order valence-electron chi connectivity index (χ0n) is 13.4. The summed E-state index contributed by atoms with van der Waals surface area (Å²) >= 11 is 0. The van der Waals surface area contributed by atoms with Gasteiger partial charge in [-0.15, -0.1) is 0 Å². The zero-order valence-corrected chi connectivity index (χ0v) is 14.3. The third-order valence-corrected chi connectivity index (χ3v) is 9.69. The van der Waals surface area contributed by atoms with E-state index in [0.29, 0.717) is 7.92 Å². The van der Waals surface area contributed by atoms with E-state index < -0.39 is 0 Å². The molecular weight excluding hydrogens is 247 g/mol. The van der Waals surface area contributed by atoms with Crippen molar-refractivity contribution in [3.05, 3.63) is 0 Å². The van der Waals surface area contributed by atoms with Crippen LogP contribution in [0, 0.1) is 0 Å². The normalized spacial score (nSPS) is 24.8. The van der Waals surface area contributed by atoms with Gasteiger partial charge in [0.25, 0.3) is 0 Å². The van der Waals surface area contributed by atoms with E-state index >= 15 is 0 Å². The highest BCUT2D eigenvalue weighted by Crippen LogP contribution is 2.60. The maximum absolute atomic E-state index is 2.47. The van der Waals surface area contributed by atoms with Crippen LogP contribution in [0.5, 0.6) is 0 Å². The number of hydrogen-bond acceptors (Lipinski definition) is 0. The smallest absolute Gasteiger partial charge is 0.0204 e. The first-order valence-electron chi connectivity index (χ1n) is 9.14. The lowest BCUT2D eigenvalue weighted by Crippen LogP contribution is -2.26. The third-order valence-electron chi connectivity index (χ3n) is 5.51. The molecular formula is C18H35P. The molecule has 2 fully saturated rings. The molecule has 0 aliphatic heterocycles. The Bertz CT molecular complexity index is 201. The van der Waals surface area contributed by atoms with Crippen LogP contribution in [0.15, 0.2) is 0 Å². The van der Waals surface area contributed by atoms with Crippen LogP contribution in [-0.2, 0) is 0 Å². The SMILES string of the molecule is CCCC(CC)P(C1CCCCC1)C1CCCCC1. The second kappa shape index (κ2) is 8.66. The third kappa shape index (κ3) is 4.45. The first kappa shape index (κ1) is 15.8. The van der Waals surface area contributed by atoms with Gasteiger partial charge in [-0.1, -0.05) is 66.7 Å². The molecule has 0 heterocycles. The molecule has 0 bridgehead atoms. The van der Waals surface area contributed by atoms with Crippen LogP contribution in [0.25, 0.3) is 0 Å². The van der Waals surface area contributed by atoms with Crippen LogP contribution in [0.1, 0.15) is 97.3 Å². The standard InChI is InChI=1S/C18H35P/c1-3-11-16(4-2)19(17-12-7-5-8-13-17)18-14-9-6-10-15-18/h16-18H,3-15H2,1-2H3. The van der Waals surface area contributed by atoms with Crippen molar-refractivity contribution in [1.82, 2.24) is 0 Å². The Morgan fingerprint density at radius 3 is 1.63 bits per heavy atom. The maximum atomic E-state index is 2.47. The van der Waals surface area contributed by atoms with Gasteiger partial charge in [0.1, 0.15) is 0 Å². The van der Waals surface area contributed by atoms with Crippen molar-refractivity contribution in [1.29, 1.82) is 0 Å². The Balaban J connectivity index is 2.05. The van der Waals surface area contributed by atoms with Gasteiger partial charge >= 0.3 is 0 Å². The highest BCUT2D eigenvalue weighted by Gasteiger charge is 2.34. The fraction of sp³-hybridized carbons (Fsp3) is 1.00. The zero-order chi connectivity index (χ0) is 13.5. The van der Waals surface area contributed by atoms with Gasteiger partial charge in [-0.3, -0.25) is 0 Å². The molecule has 19 heavy (non-hydrogen) atoms. The Morgan fingerprint density at radius 2 is 1.26 bits per heavy atom. The molecule has 1 heteroatoms. The van der Waals surface area contributed by atoms with Gasteiger partial charge in [-0.05, 0) is 55.5 Å². The summed E-state index contributed by atoms with van der Waals surface area (Å²) < 4.78 is 0. The van der Waals surface area contributed by atoms with Crippen molar-refractivity contribution in [3.8, 4) is 0 Å². The summed E-state index contributed by atoms with van der Waals surface area (Å²) in [7, 11) is 0.334. The van der Waals surface area contributed by atoms with Crippen molar-refractivity contribution in [2.24, 2.45) is 0 Å². The molecule has 0 nitrogen and oxygen atoms in total. The van der Waals surface area contributed by atoms with E-state index in [1.54, 1.807) is 51.4 Å². The van der Waals surface area contributed by atoms with Crippen LogP contribution < -0.4 is 0 Å². The summed E-state index contributed by atoms with van der Waals surface area (Å²) in [6.45, 7) is 4.87. The number of rotatable bonds is 6. The molecule has 112 valence electrons. The molecule has 1 atom stereocenters. The van der Waals surface area contributed by atoms with E-state index in [1.165, 1.54) is 32.1 Å². The van der Waals surface area contributed by atoms with E-state index in [9.17, 15) is 0 Å². The summed E-state index contributed by atoms with van der Waals surface area (Å²) in [5.74, 6) is 0. The average Bonchev–Trinajstić information content (AvgIpc) is 2.49. The Kier molecular flexibility index (Phi) is 7.21. The minimum Gasteiger partial charge on any atom is -0.0972 e. The molecule has 0 aromatic rings. The molecule has 0 saturated heterocycles. The minimum atomic E-state index is 0.334. The molecule has 2 rings (SSSR count). The van der Waals surface area contributed by atoms with Gasteiger partial charge in [0, 0.05) is 0 Å². The largest absolute Gasteiger partial charge is 0.0972 e. The van der Waals surface area contributed by atoms with Crippen LogP contribution in [0.3, 0.4) is 0 Å². The van der Waals surface area contributed by atoms with Gasteiger partial charge in [0.05, 0.1) is 0 Å². The van der Waals surface area contributed by atoms with Crippen molar-refractivity contribution in [2.45, 2.75) is 114 Å². The van der Waals surface area contributed by atoms with Crippen LogP contribution in [0.4, 0.5) is 0 Å². The molecule has 0 radical (unpaired) electrons. The van der Waals surface area contributed by atoms with Gasteiger partial charge in [-0.25, -0.2) is 0 Å². The van der Waals surface area contributed by atoms with E-state index in [4.69, 9.17) is 0 Å². The van der Waals surface area contributed by atoms with Crippen molar-refractivity contribution < 1.29 is 0 Å². The molecule has 0 N–H and O–H groups in total. The quantitative estimate of drug-likeness (QED) is 0.475. The molecule has 2 aliphatic carbocycles.